The number of likely N-dealkylation sites (N-methyl/N-ethyl adjacent to an activating group) is 1. The fourth-order valence-electron chi connectivity index (χ4n) is 4.87. The molecule has 3 aromatic rings. The lowest BCUT2D eigenvalue weighted by molar-refractivity contribution is 0.102. The Labute approximate surface area is 196 Å². The van der Waals surface area contributed by atoms with E-state index in [1.807, 2.05) is 13.0 Å². The van der Waals surface area contributed by atoms with Crippen LogP contribution in [-0.2, 0) is 19.4 Å². The van der Waals surface area contributed by atoms with E-state index in [0.717, 1.165) is 73.3 Å². The third kappa shape index (κ3) is 4.63. The number of nitrogens with zero attached hydrogens (tertiary/aromatic N) is 2. The molecule has 0 atom stereocenters. The number of piperazine rings is 1. The van der Waals surface area contributed by atoms with Gasteiger partial charge in [-0.25, -0.2) is 0 Å². The highest BCUT2D eigenvalue weighted by molar-refractivity contribution is 6.14. The van der Waals surface area contributed by atoms with Crippen molar-refractivity contribution in [2.75, 3.05) is 38.0 Å². The number of para-hydroxylation sites is 1. The molecule has 0 unspecified atom stereocenters. The van der Waals surface area contributed by atoms with Crippen LogP contribution in [0.5, 0.6) is 5.75 Å². The smallest absolute Gasteiger partial charge is 0.259 e. The molecule has 2 N–H and O–H groups in total. The second-order valence-corrected chi connectivity index (χ2v) is 8.79. The fourth-order valence-corrected chi connectivity index (χ4v) is 4.87. The number of anilines is 1. The number of phenols is 1. The summed E-state index contributed by atoms with van der Waals surface area (Å²) < 4.78 is 5.99. The zero-order chi connectivity index (χ0) is 23.5. The van der Waals surface area contributed by atoms with Crippen molar-refractivity contribution in [2.24, 2.45) is 0 Å². The summed E-state index contributed by atoms with van der Waals surface area (Å²) in [5, 5.41) is 14.7. The van der Waals surface area contributed by atoms with E-state index in [9.17, 15) is 9.90 Å². The standard InChI is InChI=1S/C27H35N3O3/c1-5-19-9-8-10-20(6-2)26(19)28-27(32)24-18(4)33-23-12-11-22(31)21(25(23)24)17-30-15-13-29(7-3)14-16-30/h8-12,31H,5-7,13-17H2,1-4H3,(H,28,32). The molecule has 0 aliphatic carbocycles. The molecule has 1 aromatic heterocycles. The van der Waals surface area contributed by atoms with E-state index in [4.69, 9.17) is 4.42 Å². The SMILES string of the molecule is CCc1cccc(CC)c1NC(=O)c1c(C)oc2ccc(O)c(CN3CCN(CC)CC3)c12. The third-order valence-electron chi connectivity index (χ3n) is 6.87. The van der Waals surface area contributed by atoms with Crippen LogP contribution in [0.25, 0.3) is 11.0 Å². The number of rotatable bonds is 7. The minimum absolute atomic E-state index is 0.190. The summed E-state index contributed by atoms with van der Waals surface area (Å²) in [6.45, 7) is 13.7. The van der Waals surface area contributed by atoms with Gasteiger partial charge in [0.25, 0.3) is 5.91 Å². The summed E-state index contributed by atoms with van der Waals surface area (Å²) in [4.78, 5) is 18.4. The Morgan fingerprint density at radius 3 is 2.24 bits per heavy atom. The lowest BCUT2D eigenvalue weighted by Crippen LogP contribution is -2.45. The first-order valence-corrected chi connectivity index (χ1v) is 12.1. The molecule has 6 heteroatoms. The third-order valence-corrected chi connectivity index (χ3v) is 6.87. The molecule has 6 nitrogen and oxygen atoms in total. The number of phenolic OH excluding ortho intramolecular Hbond substituents is 1. The van der Waals surface area contributed by atoms with Crippen LogP contribution in [0.2, 0.25) is 0 Å². The number of amides is 1. The van der Waals surface area contributed by atoms with Gasteiger partial charge in [0.2, 0.25) is 0 Å². The summed E-state index contributed by atoms with van der Waals surface area (Å²) >= 11 is 0. The maximum absolute atomic E-state index is 13.6. The number of nitrogens with one attached hydrogen (secondary N) is 1. The first-order chi connectivity index (χ1) is 16.0. The van der Waals surface area contributed by atoms with Crippen molar-refractivity contribution in [3.63, 3.8) is 0 Å². The Balaban J connectivity index is 1.71. The van der Waals surface area contributed by atoms with Gasteiger partial charge >= 0.3 is 0 Å². The van der Waals surface area contributed by atoms with Crippen molar-refractivity contribution in [2.45, 2.75) is 47.1 Å². The van der Waals surface area contributed by atoms with E-state index >= 15 is 0 Å². The molecule has 2 heterocycles. The molecule has 1 aliphatic heterocycles. The van der Waals surface area contributed by atoms with Gasteiger partial charge in [0.05, 0.1) is 5.56 Å². The first kappa shape index (κ1) is 23.3. The van der Waals surface area contributed by atoms with Gasteiger partial charge in [-0.3, -0.25) is 9.69 Å². The lowest BCUT2D eigenvalue weighted by atomic mass is 10.0. The van der Waals surface area contributed by atoms with Crippen molar-refractivity contribution >= 4 is 22.6 Å². The number of carbonyl (C=O) groups excluding carboxylic acids is 1. The largest absolute Gasteiger partial charge is 0.508 e. The van der Waals surface area contributed by atoms with Crippen LogP contribution in [0.3, 0.4) is 0 Å². The minimum atomic E-state index is -0.190. The molecule has 176 valence electrons. The van der Waals surface area contributed by atoms with E-state index in [1.165, 1.54) is 0 Å². The molecule has 0 radical (unpaired) electrons. The van der Waals surface area contributed by atoms with E-state index in [1.54, 1.807) is 12.1 Å². The average molecular weight is 450 g/mol. The minimum Gasteiger partial charge on any atom is -0.508 e. The Bertz CT molecular complexity index is 1120. The van der Waals surface area contributed by atoms with Crippen molar-refractivity contribution in [3.05, 3.63) is 58.3 Å². The number of fused-ring (bicyclic) bond motifs is 1. The number of furan rings is 1. The van der Waals surface area contributed by atoms with Crippen molar-refractivity contribution in [1.29, 1.82) is 0 Å². The summed E-state index contributed by atoms with van der Waals surface area (Å²) in [5.74, 6) is 0.583. The summed E-state index contributed by atoms with van der Waals surface area (Å²) in [5.41, 5.74) is 5.03. The second kappa shape index (κ2) is 9.98. The Hall–Kier alpha value is -2.83. The van der Waals surface area contributed by atoms with Gasteiger partial charge in [-0.2, -0.15) is 0 Å². The summed E-state index contributed by atoms with van der Waals surface area (Å²) in [6, 6.07) is 9.58. The molecule has 2 aromatic carbocycles. The number of aryl methyl sites for hydroxylation is 3. The zero-order valence-electron chi connectivity index (χ0n) is 20.2. The van der Waals surface area contributed by atoms with Crippen LogP contribution in [-0.4, -0.2) is 53.5 Å². The highest BCUT2D eigenvalue weighted by atomic mass is 16.3. The highest BCUT2D eigenvalue weighted by Crippen LogP contribution is 2.36. The van der Waals surface area contributed by atoms with Crippen LogP contribution in [0.1, 0.15) is 53.6 Å². The fraction of sp³-hybridized carbons (Fsp3) is 0.444. The lowest BCUT2D eigenvalue weighted by Gasteiger charge is -2.34. The molecule has 1 amide bonds. The zero-order valence-corrected chi connectivity index (χ0v) is 20.2. The molecule has 0 saturated carbocycles. The summed E-state index contributed by atoms with van der Waals surface area (Å²) in [6.07, 6.45) is 1.68. The molecule has 0 spiro atoms. The number of benzene rings is 2. The number of carbonyl (C=O) groups is 1. The van der Waals surface area contributed by atoms with E-state index in [-0.39, 0.29) is 11.7 Å². The highest BCUT2D eigenvalue weighted by Gasteiger charge is 2.26. The van der Waals surface area contributed by atoms with Crippen LogP contribution in [0, 0.1) is 6.92 Å². The normalized spacial score (nSPS) is 15.3. The number of aromatic hydroxyl groups is 1. The van der Waals surface area contributed by atoms with Gasteiger partial charge in [0.1, 0.15) is 17.1 Å². The molecule has 4 rings (SSSR count). The summed E-state index contributed by atoms with van der Waals surface area (Å²) in [7, 11) is 0. The number of hydrogen-bond donors (Lipinski definition) is 2. The van der Waals surface area contributed by atoms with Gasteiger partial charge < -0.3 is 19.7 Å². The maximum Gasteiger partial charge on any atom is 0.259 e. The number of hydrogen-bond acceptors (Lipinski definition) is 5. The van der Waals surface area contributed by atoms with Crippen molar-refractivity contribution in [3.8, 4) is 5.75 Å². The van der Waals surface area contributed by atoms with Gasteiger partial charge in [-0.05, 0) is 49.6 Å². The van der Waals surface area contributed by atoms with E-state index < -0.39 is 0 Å². The molecule has 1 aliphatic rings. The monoisotopic (exact) mass is 449 g/mol. The average Bonchev–Trinajstić information content (AvgIpc) is 3.17. The van der Waals surface area contributed by atoms with E-state index in [2.05, 4.69) is 48.0 Å². The Morgan fingerprint density at radius 2 is 1.64 bits per heavy atom. The van der Waals surface area contributed by atoms with Crippen LogP contribution in [0.15, 0.2) is 34.7 Å². The Morgan fingerprint density at radius 1 is 1.00 bits per heavy atom. The van der Waals surface area contributed by atoms with Crippen LogP contribution >= 0.6 is 0 Å². The predicted octanol–water partition coefficient (Wildman–Crippen LogP) is 4.96. The van der Waals surface area contributed by atoms with Crippen molar-refractivity contribution in [1.82, 2.24) is 9.80 Å². The van der Waals surface area contributed by atoms with E-state index in [0.29, 0.717) is 23.5 Å². The van der Waals surface area contributed by atoms with Crippen molar-refractivity contribution < 1.29 is 14.3 Å². The molecular formula is C27H35N3O3. The quantitative estimate of drug-likeness (QED) is 0.533. The molecule has 1 fully saturated rings. The van der Waals surface area contributed by atoms with Gasteiger partial charge in [0, 0.05) is 49.4 Å². The predicted molar refractivity (Wildman–Crippen MR) is 133 cm³/mol. The van der Waals surface area contributed by atoms with Gasteiger partial charge in [-0.1, -0.05) is 39.0 Å². The molecule has 0 bridgehead atoms. The second-order valence-electron chi connectivity index (χ2n) is 8.79. The molecule has 1 saturated heterocycles. The molecule has 33 heavy (non-hydrogen) atoms. The van der Waals surface area contributed by atoms with Crippen LogP contribution < -0.4 is 5.32 Å². The van der Waals surface area contributed by atoms with Gasteiger partial charge in [-0.15, -0.1) is 0 Å². The topological polar surface area (TPSA) is 68.9 Å². The van der Waals surface area contributed by atoms with Crippen LogP contribution in [0.4, 0.5) is 5.69 Å². The Kier molecular flexibility index (Phi) is 7.05. The molecular weight excluding hydrogens is 414 g/mol. The maximum atomic E-state index is 13.6. The first-order valence-electron chi connectivity index (χ1n) is 12.1. The van der Waals surface area contributed by atoms with Gasteiger partial charge in [0.15, 0.2) is 0 Å².